The third kappa shape index (κ3) is 2.76. The van der Waals surface area contributed by atoms with E-state index in [0.29, 0.717) is 18.7 Å². The Balaban J connectivity index is 1.64. The van der Waals surface area contributed by atoms with Gasteiger partial charge >= 0.3 is 0 Å². The fourth-order valence-electron chi connectivity index (χ4n) is 3.60. The second-order valence-electron chi connectivity index (χ2n) is 6.54. The Kier molecular flexibility index (Phi) is 3.95. The molecule has 0 bridgehead atoms. The molecule has 0 N–H and O–H groups in total. The summed E-state index contributed by atoms with van der Waals surface area (Å²) in [6.45, 7) is 2.09. The van der Waals surface area contributed by atoms with Crippen molar-refractivity contribution in [3.8, 4) is 6.07 Å². The predicted octanol–water partition coefficient (Wildman–Crippen LogP) is 2.14. The van der Waals surface area contributed by atoms with Crippen LogP contribution in [0.4, 0.5) is 5.82 Å². The summed E-state index contributed by atoms with van der Waals surface area (Å²) in [7, 11) is 1.91. The molecule has 2 aromatic rings. The molecule has 1 saturated heterocycles. The Morgan fingerprint density at radius 2 is 2.21 bits per heavy atom. The Bertz CT molecular complexity index is 791. The summed E-state index contributed by atoms with van der Waals surface area (Å²) in [5, 5.41) is 13.8. The normalized spacial score (nSPS) is 20.5. The van der Waals surface area contributed by atoms with Crippen molar-refractivity contribution in [3.63, 3.8) is 0 Å². The van der Waals surface area contributed by atoms with Crippen LogP contribution in [0.3, 0.4) is 0 Å². The lowest BCUT2D eigenvalue weighted by Crippen LogP contribution is -2.39. The van der Waals surface area contributed by atoms with Crippen LogP contribution in [0.5, 0.6) is 0 Å². The summed E-state index contributed by atoms with van der Waals surface area (Å²) in [5.74, 6) is 0.815. The Labute approximate surface area is 141 Å². The standard InChI is InChI=1S/C18H21N5O/c1-22-11-15(10-20-22)17-12-23(6-7-24-17)18-14(9-19)8-13-4-2-3-5-16(13)21-18/h8,10-11,17H,2-7,12H2,1H3/t17-/m0/s1. The van der Waals surface area contributed by atoms with Gasteiger partial charge in [-0.05, 0) is 37.3 Å². The molecular formula is C18H21N5O. The molecule has 6 heteroatoms. The van der Waals surface area contributed by atoms with E-state index in [4.69, 9.17) is 9.72 Å². The number of nitriles is 1. The molecule has 24 heavy (non-hydrogen) atoms. The molecule has 2 aromatic heterocycles. The molecule has 6 nitrogen and oxygen atoms in total. The molecule has 2 aliphatic rings. The van der Waals surface area contributed by atoms with E-state index in [0.717, 1.165) is 30.8 Å². The molecule has 0 spiro atoms. The lowest BCUT2D eigenvalue weighted by Gasteiger charge is -2.34. The second kappa shape index (κ2) is 6.25. The molecule has 124 valence electrons. The number of aryl methyl sites for hydroxylation is 3. The van der Waals surface area contributed by atoms with Gasteiger partial charge < -0.3 is 9.64 Å². The van der Waals surface area contributed by atoms with Crippen LogP contribution in [0.25, 0.3) is 0 Å². The fourth-order valence-corrected chi connectivity index (χ4v) is 3.60. The molecule has 1 aliphatic heterocycles. The van der Waals surface area contributed by atoms with Crippen LogP contribution in [0.1, 0.15) is 41.3 Å². The second-order valence-corrected chi connectivity index (χ2v) is 6.54. The highest BCUT2D eigenvalue weighted by atomic mass is 16.5. The van der Waals surface area contributed by atoms with Crippen molar-refractivity contribution >= 4 is 5.82 Å². The van der Waals surface area contributed by atoms with Gasteiger partial charge in [-0.25, -0.2) is 4.98 Å². The third-order valence-electron chi connectivity index (χ3n) is 4.86. The number of nitrogens with zero attached hydrogens (tertiary/aromatic N) is 5. The molecule has 1 aliphatic carbocycles. The topological polar surface area (TPSA) is 67.0 Å². The van der Waals surface area contributed by atoms with E-state index in [1.54, 1.807) is 4.68 Å². The van der Waals surface area contributed by atoms with E-state index >= 15 is 0 Å². The van der Waals surface area contributed by atoms with Gasteiger partial charge in [0.05, 0.1) is 24.9 Å². The lowest BCUT2D eigenvalue weighted by atomic mass is 9.94. The van der Waals surface area contributed by atoms with E-state index in [9.17, 15) is 5.26 Å². The van der Waals surface area contributed by atoms with E-state index in [1.807, 2.05) is 25.5 Å². The Morgan fingerprint density at radius 3 is 3.00 bits per heavy atom. The number of hydrogen-bond acceptors (Lipinski definition) is 5. The van der Waals surface area contributed by atoms with Gasteiger partial charge in [0, 0.05) is 31.0 Å². The molecule has 0 saturated carbocycles. The highest BCUT2D eigenvalue weighted by molar-refractivity contribution is 5.57. The number of pyridine rings is 1. The fraction of sp³-hybridized carbons (Fsp3) is 0.500. The van der Waals surface area contributed by atoms with Crippen LogP contribution in [0.2, 0.25) is 0 Å². The number of ether oxygens (including phenoxy) is 1. The third-order valence-corrected chi connectivity index (χ3v) is 4.86. The SMILES string of the molecule is Cn1cc([C@@H]2CN(c3nc4c(cc3C#N)CCCC4)CCO2)cn1. The number of aromatic nitrogens is 3. The van der Waals surface area contributed by atoms with Crippen molar-refractivity contribution in [1.29, 1.82) is 5.26 Å². The average molecular weight is 323 g/mol. The quantitative estimate of drug-likeness (QED) is 0.847. The van der Waals surface area contributed by atoms with E-state index in [1.165, 1.54) is 24.1 Å². The molecule has 0 amide bonds. The molecule has 0 aromatic carbocycles. The molecule has 4 rings (SSSR count). The van der Waals surface area contributed by atoms with Crippen LogP contribution in [-0.2, 0) is 24.6 Å². The zero-order chi connectivity index (χ0) is 16.5. The van der Waals surface area contributed by atoms with E-state index < -0.39 is 0 Å². The minimum atomic E-state index is -0.0307. The van der Waals surface area contributed by atoms with Crippen LogP contribution >= 0.6 is 0 Å². The van der Waals surface area contributed by atoms with Gasteiger partial charge in [0.25, 0.3) is 0 Å². The zero-order valence-electron chi connectivity index (χ0n) is 13.9. The summed E-state index contributed by atoms with van der Waals surface area (Å²) >= 11 is 0. The number of fused-ring (bicyclic) bond motifs is 1. The van der Waals surface area contributed by atoms with Crippen LogP contribution in [0.15, 0.2) is 18.5 Å². The molecule has 3 heterocycles. The molecule has 1 fully saturated rings. The van der Waals surface area contributed by atoms with Crippen molar-refractivity contribution in [1.82, 2.24) is 14.8 Å². The summed E-state index contributed by atoms with van der Waals surface area (Å²) < 4.78 is 7.70. The number of hydrogen-bond donors (Lipinski definition) is 0. The first-order chi connectivity index (χ1) is 11.7. The van der Waals surface area contributed by atoms with Gasteiger partial charge in [-0.3, -0.25) is 4.68 Å². The maximum absolute atomic E-state index is 9.58. The summed E-state index contributed by atoms with van der Waals surface area (Å²) in [5.41, 5.74) is 4.17. The average Bonchev–Trinajstić information content (AvgIpc) is 3.07. The predicted molar refractivity (Wildman–Crippen MR) is 89.7 cm³/mol. The smallest absolute Gasteiger partial charge is 0.147 e. The van der Waals surface area contributed by atoms with Gasteiger partial charge in [0.2, 0.25) is 0 Å². The lowest BCUT2D eigenvalue weighted by molar-refractivity contribution is 0.0394. The zero-order valence-corrected chi connectivity index (χ0v) is 13.9. The van der Waals surface area contributed by atoms with E-state index in [-0.39, 0.29) is 6.10 Å². The molecule has 0 radical (unpaired) electrons. The minimum absolute atomic E-state index is 0.0307. The Hall–Kier alpha value is -2.39. The highest BCUT2D eigenvalue weighted by Gasteiger charge is 2.26. The van der Waals surface area contributed by atoms with Crippen LogP contribution in [-0.4, -0.2) is 34.5 Å². The largest absolute Gasteiger partial charge is 0.370 e. The van der Waals surface area contributed by atoms with Crippen molar-refractivity contribution in [3.05, 3.63) is 40.8 Å². The first-order valence-corrected chi connectivity index (χ1v) is 8.52. The molecular weight excluding hydrogens is 302 g/mol. The molecule has 1 atom stereocenters. The summed E-state index contributed by atoms with van der Waals surface area (Å²) in [4.78, 5) is 7.06. The monoisotopic (exact) mass is 323 g/mol. The number of rotatable bonds is 2. The molecule has 0 unspecified atom stereocenters. The van der Waals surface area contributed by atoms with Gasteiger partial charge in [-0.1, -0.05) is 0 Å². The first kappa shape index (κ1) is 15.2. The number of morpholine rings is 1. The van der Waals surface area contributed by atoms with Crippen LogP contribution < -0.4 is 4.90 Å². The van der Waals surface area contributed by atoms with Gasteiger partial charge in [-0.2, -0.15) is 10.4 Å². The highest BCUT2D eigenvalue weighted by Crippen LogP contribution is 2.30. The number of anilines is 1. The van der Waals surface area contributed by atoms with Crippen molar-refractivity contribution in [2.45, 2.75) is 31.8 Å². The minimum Gasteiger partial charge on any atom is -0.370 e. The van der Waals surface area contributed by atoms with Gasteiger partial charge in [-0.15, -0.1) is 0 Å². The van der Waals surface area contributed by atoms with Crippen LogP contribution in [0, 0.1) is 11.3 Å². The maximum atomic E-state index is 9.58. The van der Waals surface area contributed by atoms with Gasteiger partial charge in [0.15, 0.2) is 0 Å². The maximum Gasteiger partial charge on any atom is 0.147 e. The Morgan fingerprint density at radius 1 is 1.33 bits per heavy atom. The van der Waals surface area contributed by atoms with Crippen molar-refractivity contribution in [2.24, 2.45) is 7.05 Å². The summed E-state index contributed by atoms with van der Waals surface area (Å²) in [6.07, 6.45) is 8.24. The summed E-state index contributed by atoms with van der Waals surface area (Å²) in [6, 6.07) is 4.39. The van der Waals surface area contributed by atoms with Crippen molar-refractivity contribution in [2.75, 3.05) is 24.6 Å². The first-order valence-electron chi connectivity index (χ1n) is 8.52. The van der Waals surface area contributed by atoms with E-state index in [2.05, 4.69) is 16.1 Å². The van der Waals surface area contributed by atoms with Crippen molar-refractivity contribution < 1.29 is 4.74 Å². The van der Waals surface area contributed by atoms with Gasteiger partial charge in [0.1, 0.15) is 18.0 Å².